The van der Waals surface area contributed by atoms with Crippen molar-refractivity contribution in [2.75, 3.05) is 31.6 Å². The minimum absolute atomic E-state index is 0.488. The highest BCUT2D eigenvalue weighted by atomic mass is 16.5. The molecule has 0 fully saturated rings. The number of benzene rings is 1. The van der Waals surface area contributed by atoms with E-state index >= 15 is 0 Å². The van der Waals surface area contributed by atoms with Crippen LogP contribution in [0.4, 0.5) is 5.69 Å². The van der Waals surface area contributed by atoms with E-state index in [1.807, 2.05) is 30.3 Å². The van der Waals surface area contributed by atoms with Crippen molar-refractivity contribution >= 4 is 11.6 Å². The van der Waals surface area contributed by atoms with Gasteiger partial charge in [0.1, 0.15) is 5.76 Å². The first-order chi connectivity index (χ1) is 12.7. The van der Waals surface area contributed by atoms with Crippen LogP contribution in [0.3, 0.4) is 0 Å². The Bertz CT molecular complexity index is 711. The molecule has 0 saturated carbocycles. The van der Waals surface area contributed by atoms with Gasteiger partial charge in [-0.15, -0.1) is 0 Å². The van der Waals surface area contributed by atoms with Crippen LogP contribution in [-0.2, 0) is 6.42 Å². The van der Waals surface area contributed by atoms with Crippen molar-refractivity contribution in [2.45, 2.75) is 26.7 Å². The molecule has 1 aromatic carbocycles. The monoisotopic (exact) mass is 357 g/mol. The van der Waals surface area contributed by atoms with Gasteiger partial charge >= 0.3 is 0 Å². The molecule has 0 unspecified atom stereocenters. The summed E-state index contributed by atoms with van der Waals surface area (Å²) in [5.74, 6) is 3.75. The maximum Gasteiger partial charge on any atom is 0.195 e. The van der Waals surface area contributed by atoms with E-state index in [9.17, 15) is 0 Å². The first-order valence-corrected chi connectivity index (χ1v) is 9.18. The van der Waals surface area contributed by atoms with Crippen molar-refractivity contribution < 1.29 is 13.9 Å². The molecule has 2 aromatic rings. The first-order valence-electron chi connectivity index (χ1n) is 9.18. The van der Waals surface area contributed by atoms with Gasteiger partial charge in [0.25, 0.3) is 0 Å². The van der Waals surface area contributed by atoms with Gasteiger partial charge in [0.15, 0.2) is 17.5 Å². The van der Waals surface area contributed by atoms with Crippen LogP contribution in [0, 0.1) is 5.92 Å². The number of guanidine groups is 1. The van der Waals surface area contributed by atoms with E-state index in [-0.39, 0.29) is 0 Å². The molecule has 0 amide bonds. The van der Waals surface area contributed by atoms with Crippen molar-refractivity contribution in [2.24, 2.45) is 10.9 Å². The van der Waals surface area contributed by atoms with E-state index in [4.69, 9.17) is 13.9 Å². The fourth-order valence-electron chi connectivity index (χ4n) is 2.55. The number of furan rings is 1. The topological polar surface area (TPSA) is 68.0 Å². The number of aliphatic imine (C=N–C) groups is 1. The van der Waals surface area contributed by atoms with Crippen LogP contribution >= 0.6 is 0 Å². The number of hydrogen-bond acceptors (Lipinski definition) is 4. The second-order valence-electron chi connectivity index (χ2n) is 6.68. The predicted molar refractivity (Wildman–Crippen MR) is 103 cm³/mol. The van der Waals surface area contributed by atoms with Crippen LogP contribution in [0.2, 0.25) is 0 Å². The van der Waals surface area contributed by atoms with Crippen LogP contribution in [-0.4, -0.2) is 32.3 Å². The van der Waals surface area contributed by atoms with Crippen LogP contribution in [0.25, 0.3) is 0 Å². The molecule has 0 atom stereocenters. The maximum atomic E-state index is 5.76. The summed E-state index contributed by atoms with van der Waals surface area (Å²) in [6.45, 7) is 7.15. The van der Waals surface area contributed by atoms with Gasteiger partial charge in [0, 0.05) is 37.7 Å². The van der Waals surface area contributed by atoms with E-state index < -0.39 is 0 Å². The molecule has 26 heavy (non-hydrogen) atoms. The zero-order valence-corrected chi connectivity index (χ0v) is 15.5. The minimum Gasteiger partial charge on any atom is -0.490 e. The lowest BCUT2D eigenvalue weighted by Crippen LogP contribution is -2.33. The molecular weight excluding hydrogens is 330 g/mol. The lowest BCUT2D eigenvalue weighted by atomic mass is 10.2. The summed E-state index contributed by atoms with van der Waals surface area (Å²) in [5, 5.41) is 6.72. The highest BCUT2D eigenvalue weighted by molar-refractivity contribution is 5.94. The second-order valence-corrected chi connectivity index (χ2v) is 6.68. The van der Waals surface area contributed by atoms with Crippen LogP contribution in [0.15, 0.2) is 46.0 Å². The molecule has 6 nitrogen and oxygen atoms in total. The van der Waals surface area contributed by atoms with E-state index in [0.29, 0.717) is 19.1 Å². The van der Waals surface area contributed by atoms with Crippen molar-refractivity contribution in [3.8, 4) is 11.5 Å². The maximum absolute atomic E-state index is 5.76. The Morgan fingerprint density at radius 3 is 2.77 bits per heavy atom. The number of anilines is 1. The lowest BCUT2D eigenvalue weighted by Gasteiger charge is -2.15. The number of ether oxygens (including phenoxy) is 2. The van der Waals surface area contributed by atoms with Gasteiger partial charge in [-0.2, -0.15) is 0 Å². The highest BCUT2D eigenvalue weighted by Crippen LogP contribution is 2.32. The van der Waals surface area contributed by atoms with Gasteiger partial charge in [-0.25, -0.2) is 0 Å². The SMILES string of the molecule is CC(C)CN=C(NCCc1ccco1)Nc1ccc2c(c1)OCCCO2. The number of rotatable bonds is 6. The van der Waals surface area contributed by atoms with Crippen LogP contribution < -0.4 is 20.1 Å². The molecule has 1 aromatic heterocycles. The normalized spacial score (nSPS) is 14.2. The molecule has 140 valence electrons. The van der Waals surface area contributed by atoms with Gasteiger partial charge < -0.3 is 24.5 Å². The molecule has 6 heteroatoms. The molecule has 0 radical (unpaired) electrons. The molecule has 2 heterocycles. The first kappa shape index (κ1) is 18.2. The summed E-state index contributed by atoms with van der Waals surface area (Å²) < 4.78 is 16.8. The fraction of sp³-hybridized carbons (Fsp3) is 0.450. The molecular formula is C20H27N3O3. The largest absolute Gasteiger partial charge is 0.490 e. The van der Waals surface area contributed by atoms with Crippen LogP contribution in [0.5, 0.6) is 11.5 Å². The Morgan fingerprint density at radius 1 is 1.15 bits per heavy atom. The van der Waals surface area contributed by atoms with Crippen molar-refractivity contribution in [3.05, 3.63) is 42.4 Å². The van der Waals surface area contributed by atoms with E-state index in [2.05, 4.69) is 29.5 Å². The molecule has 0 aliphatic carbocycles. The summed E-state index contributed by atoms with van der Waals surface area (Å²) in [5.41, 5.74) is 0.919. The van der Waals surface area contributed by atoms with Gasteiger partial charge in [-0.1, -0.05) is 13.8 Å². The lowest BCUT2D eigenvalue weighted by molar-refractivity contribution is 0.297. The Labute approximate surface area is 154 Å². The Balaban J connectivity index is 1.64. The molecule has 2 N–H and O–H groups in total. The standard InChI is InChI=1S/C20H27N3O3/c1-15(2)14-22-20(21-9-8-17-5-3-10-24-17)23-16-6-7-18-19(13-16)26-12-4-11-25-18/h3,5-7,10,13,15H,4,8-9,11-12,14H2,1-2H3,(H2,21,22,23). The van der Waals surface area contributed by atoms with Crippen molar-refractivity contribution in [1.29, 1.82) is 0 Å². The third kappa shape index (κ3) is 5.44. The van der Waals surface area contributed by atoms with Gasteiger partial charge in [-0.05, 0) is 30.2 Å². The molecule has 0 spiro atoms. The quantitative estimate of drug-likeness (QED) is 0.609. The number of hydrogen-bond donors (Lipinski definition) is 2. The third-order valence-corrected chi connectivity index (χ3v) is 3.87. The van der Waals surface area contributed by atoms with E-state index in [1.54, 1.807) is 6.26 Å². The Kier molecular flexibility index (Phi) is 6.41. The number of fused-ring (bicyclic) bond motifs is 1. The zero-order chi connectivity index (χ0) is 18.2. The fourth-order valence-corrected chi connectivity index (χ4v) is 2.55. The second kappa shape index (κ2) is 9.17. The van der Waals surface area contributed by atoms with Crippen molar-refractivity contribution in [3.63, 3.8) is 0 Å². The average molecular weight is 357 g/mol. The summed E-state index contributed by atoms with van der Waals surface area (Å²) in [7, 11) is 0. The van der Waals surface area contributed by atoms with Gasteiger partial charge in [0.05, 0.1) is 19.5 Å². The predicted octanol–water partition coefficient (Wildman–Crippen LogP) is 3.70. The highest BCUT2D eigenvalue weighted by Gasteiger charge is 2.11. The van der Waals surface area contributed by atoms with Crippen molar-refractivity contribution in [1.82, 2.24) is 5.32 Å². The van der Waals surface area contributed by atoms with Gasteiger partial charge in [0.2, 0.25) is 0 Å². The van der Waals surface area contributed by atoms with Crippen LogP contribution in [0.1, 0.15) is 26.0 Å². The molecule has 0 saturated heterocycles. The zero-order valence-electron chi connectivity index (χ0n) is 15.5. The summed E-state index contributed by atoms with van der Waals surface area (Å²) in [6, 6.07) is 9.75. The smallest absolute Gasteiger partial charge is 0.195 e. The Hall–Kier alpha value is -2.63. The van der Waals surface area contributed by atoms with E-state index in [0.717, 1.165) is 54.8 Å². The number of nitrogens with one attached hydrogen (secondary N) is 2. The third-order valence-electron chi connectivity index (χ3n) is 3.87. The summed E-state index contributed by atoms with van der Waals surface area (Å²) in [6.07, 6.45) is 3.39. The van der Waals surface area contributed by atoms with E-state index in [1.165, 1.54) is 0 Å². The molecule has 1 aliphatic rings. The van der Waals surface area contributed by atoms with Gasteiger partial charge in [-0.3, -0.25) is 4.99 Å². The minimum atomic E-state index is 0.488. The summed E-state index contributed by atoms with van der Waals surface area (Å²) >= 11 is 0. The average Bonchev–Trinajstić information content (AvgIpc) is 3.03. The number of nitrogens with zero attached hydrogens (tertiary/aromatic N) is 1. The Morgan fingerprint density at radius 2 is 2.00 bits per heavy atom. The summed E-state index contributed by atoms with van der Waals surface area (Å²) in [4.78, 5) is 4.66. The molecule has 0 bridgehead atoms. The molecule has 3 rings (SSSR count). The molecule has 1 aliphatic heterocycles.